The fraction of sp³-hybridized carbons (Fsp3) is 0.429. The molecule has 8 heteroatoms. The van der Waals surface area contributed by atoms with Gasteiger partial charge in [0.25, 0.3) is 11.9 Å². The van der Waals surface area contributed by atoms with Gasteiger partial charge in [-0.25, -0.2) is 14.6 Å². The van der Waals surface area contributed by atoms with Crippen LogP contribution in [0.25, 0.3) is 16.5 Å². The van der Waals surface area contributed by atoms with E-state index in [4.69, 9.17) is 9.72 Å². The highest BCUT2D eigenvalue weighted by molar-refractivity contribution is 7.13. The third-order valence-electron chi connectivity index (χ3n) is 5.11. The molecule has 4 rings (SSSR count). The van der Waals surface area contributed by atoms with Crippen molar-refractivity contribution in [1.82, 2.24) is 25.1 Å². The predicted molar refractivity (Wildman–Crippen MR) is 113 cm³/mol. The van der Waals surface area contributed by atoms with E-state index in [9.17, 15) is 4.79 Å². The van der Waals surface area contributed by atoms with Crippen molar-refractivity contribution in [2.45, 2.75) is 45.1 Å². The molecular formula is C21H25N5O2S. The molecule has 1 aliphatic rings. The summed E-state index contributed by atoms with van der Waals surface area (Å²) in [5, 5.41) is 9.60. The van der Waals surface area contributed by atoms with Gasteiger partial charge < -0.3 is 10.1 Å². The quantitative estimate of drug-likeness (QED) is 0.611. The Morgan fingerprint density at radius 1 is 1.41 bits per heavy atom. The standard InChI is InChI=1S/C21H25N5O2S/c1-4-15(12-28-3)24-20(27)16-11-23-26(19(16)14-7-8-14)21-22-10-13(2)18(25-21)17-6-5-9-29-17/h5-6,9-11,14-15H,4,7-8,12H2,1-3H3,(H,24,27)/t15-/m1/s1. The number of hydrogen-bond donors (Lipinski definition) is 1. The summed E-state index contributed by atoms with van der Waals surface area (Å²) in [5.74, 6) is 0.701. The number of thiophene rings is 1. The Kier molecular flexibility index (Phi) is 5.73. The van der Waals surface area contributed by atoms with Crippen LogP contribution in [0.15, 0.2) is 29.9 Å². The zero-order valence-corrected chi connectivity index (χ0v) is 17.7. The van der Waals surface area contributed by atoms with Gasteiger partial charge in [-0.15, -0.1) is 11.3 Å². The Labute approximate surface area is 174 Å². The van der Waals surface area contributed by atoms with Gasteiger partial charge in [0, 0.05) is 19.2 Å². The zero-order chi connectivity index (χ0) is 20.4. The number of rotatable bonds is 8. The van der Waals surface area contributed by atoms with Crippen molar-refractivity contribution >= 4 is 17.2 Å². The number of aryl methyl sites for hydroxylation is 1. The van der Waals surface area contributed by atoms with Gasteiger partial charge in [-0.3, -0.25) is 4.79 Å². The van der Waals surface area contributed by atoms with Crippen LogP contribution in [0.1, 0.15) is 53.7 Å². The summed E-state index contributed by atoms with van der Waals surface area (Å²) in [4.78, 5) is 23.3. The van der Waals surface area contributed by atoms with Crippen LogP contribution in [0, 0.1) is 6.92 Å². The van der Waals surface area contributed by atoms with Crippen molar-refractivity contribution in [3.05, 3.63) is 46.7 Å². The van der Waals surface area contributed by atoms with Crippen LogP contribution >= 0.6 is 11.3 Å². The summed E-state index contributed by atoms with van der Waals surface area (Å²) < 4.78 is 6.94. The first-order valence-electron chi connectivity index (χ1n) is 9.88. The summed E-state index contributed by atoms with van der Waals surface area (Å²) >= 11 is 1.65. The molecule has 3 aromatic rings. The minimum absolute atomic E-state index is 0.0241. The Bertz CT molecular complexity index is 995. The van der Waals surface area contributed by atoms with Crippen LogP contribution in [-0.2, 0) is 4.74 Å². The molecule has 3 aromatic heterocycles. The molecule has 0 unspecified atom stereocenters. The van der Waals surface area contributed by atoms with Gasteiger partial charge in [0.05, 0.1) is 40.7 Å². The lowest BCUT2D eigenvalue weighted by Gasteiger charge is -2.16. The van der Waals surface area contributed by atoms with Crippen molar-refractivity contribution in [1.29, 1.82) is 0 Å². The molecule has 0 aromatic carbocycles. The molecule has 29 heavy (non-hydrogen) atoms. The van der Waals surface area contributed by atoms with E-state index in [0.29, 0.717) is 24.0 Å². The van der Waals surface area contributed by atoms with E-state index < -0.39 is 0 Å². The minimum atomic E-state index is -0.118. The first kappa shape index (κ1) is 19.7. The lowest BCUT2D eigenvalue weighted by Crippen LogP contribution is -2.37. The lowest BCUT2D eigenvalue weighted by molar-refractivity contribution is 0.0893. The number of carbonyl (C=O) groups is 1. The Morgan fingerprint density at radius 3 is 2.90 bits per heavy atom. The number of ether oxygens (including phenoxy) is 1. The van der Waals surface area contributed by atoms with E-state index in [0.717, 1.165) is 41.1 Å². The van der Waals surface area contributed by atoms with Gasteiger partial charge >= 0.3 is 0 Å². The molecule has 1 saturated carbocycles. The van der Waals surface area contributed by atoms with E-state index in [2.05, 4.69) is 15.4 Å². The number of hydrogen-bond acceptors (Lipinski definition) is 6. The Balaban J connectivity index is 1.69. The molecule has 0 spiro atoms. The van der Waals surface area contributed by atoms with E-state index >= 15 is 0 Å². The van der Waals surface area contributed by atoms with E-state index in [1.165, 1.54) is 0 Å². The fourth-order valence-electron chi connectivity index (χ4n) is 3.37. The highest BCUT2D eigenvalue weighted by Crippen LogP contribution is 2.42. The van der Waals surface area contributed by atoms with Crippen LogP contribution in [0.4, 0.5) is 0 Å². The maximum atomic E-state index is 12.9. The van der Waals surface area contributed by atoms with Crippen LogP contribution in [0.5, 0.6) is 0 Å². The number of aromatic nitrogens is 4. The third kappa shape index (κ3) is 4.09. The average Bonchev–Trinajstić information content (AvgIpc) is 3.24. The van der Waals surface area contributed by atoms with Crippen LogP contribution in [0.3, 0.4) is 0 Å². The summed E-state index contributed by atoms with van der Waals surface area (Å²) in [7, 11) is 1.64. The second-order valence-electron chi connectivity index (χ2n) is 7.34. The number of carbonyl (C=O) groups excluding carboxylic acids is 1. The summed E-state index contributed by atoms with van der Waals surface area (Å²) in [5.41, 5.74) is 3.42. The maximum Gasteiger partial charge on any atom is 0.255 e. The molecular weight excluding hydrogens is 386 g/mol. The SMILES string of the molecule is CC[C@H](COC)NC(=O)c1cnn(-c2ncc(C)c(-c3cccs3)n2)c1C1CC1. The molecule has 7 nitrogen and oxygen atoms in total. The lowest BCUT2D eigenvalue weighted by atomic mass is 10.1. The Hall–Kier alpha value is -2.58. The number of methoxy groups -OCH3 is 1. The molecule has 152 valence electrons. The minimum Gasteiger partial charge on any atom is -0.383 e. The first-order valence-corrected chi connectivity index (χ1v) is 10.8. The van der Waals surface area contributed by atoms with Crippen LogP contribution in [0.2, 0.25) is 0 Å². The van der Waals surface area contributed by atoms with Crippen molar-refractivity contribution in [2.24, 2.45) is 0 Å². The van der Waals surface area contributed by atoms with Gasteiger partial charge in [0.2, 0.25) is 0 Å². The number of nitrogens with one attached hydrogen (secondary N) is 1. The predicted octanol–water partition coefficient (Wildman–Crippen LogP) is 3.73. The molecule has 0 saturated heterocycles. The molecule has 0 aliphatic heterocycles. The third-order valence-corrected chi connectivity index (χ3v) is 5.99. The monoisotopic (exact) mass is 411 g/mol. The van der Waals surface area contributed by atoms with Gasteiger partial charge in [0.1, 0.15) is 0 Å². The molecule has 1 N–H and O–H groups in total. The van der Waals surface area contributed by atoms with Crippen molar-refractivity contribution in [3.63, 3.8) is 0 Å². The van der Waals surface area contributed by atoms with Gasteiger partial charge in [-0.1, -0.05) is 13.0 Å². The summed E-state index contributed by atoms with van der Waals surface area (Å²) in [6.07, 6.45) is 6.35. The zero-order valence-electron chi connectivity index (χ0n) is 16.9. The van der Waals surface area contributed by atoms with Crippen molar-refractivity contribution in [2.75, 3.05) is 13.7 Å². The molecule has 1 aliphatic carbocycles. The second kappa shape index (κ2) is 8.42. The maximum absolute atomic E-state index is 12.9. The van der Waals surface area contributed by atoms with Crippen LogP contribution in [-0.4, -0.2) is 45.4 Å². The molecule has 1 atom stereocenters. The van der Waals surface area contributed by atoms with E-state index in [1.54, 1.807) is 29.3 Å². The number of nitrogens with zero attached hydrogens (tertiary/aromatic N) is 4. The molecule has 0 bridgehead atoms. The van der Waals surface area contributed by atoms with E-state index in [1.807, 2.05) is 37.6 Å². The molecule has 1 amide bonds. The summed E-state index contributed by atoms with van der Waals surface area (Å²) in [6, 6.07) is 4.04. The Morgan fingerprint density at radius 2 is 2.24 bits per heavy atom. The topological polar surface area (TPSA) is 81.9 Å². The smallest absolute Gasteiger partial charge is 0.255 e. The fourth-order valence-corrected chi connectivity index (χ4v) is 4.14. The second-order valence-corrected chi connectivity index (χ2v) is 8.29. The van der Waals surface area contributed by atoms with Crippen molar-refractivity contribution in [3.8, 4) is 16.5 Å². The highest BCUT2D eigenvalue weighted by Gasteiger charge is 2.34. The van der Waals surface area contributed by atoms with Crippen molar-refractivity contribution < 1.29 is 9.53 Å². The van der Waals surface area contributed by atoms with Gasteiger partial charge in [-0.2, -0.15) is 5.10 Å². The molecule has 0 radical (unpaired) electrons. The normalized spacial score (nSPS) is 14.7. The molecule has 3 heterocycles. The van der Waals surface area contributed by atoms with Gasteiger partial charge in [0.15, 0.2) is 0 Å². The van der Waals surface area contributed by atoms with Gasteiger partial charge in [-0.05, 0) is 43.2 Å². The molecule has 1 fully saturated rings. The van der Waals surface area contributed by atoms with E-state index in [-0.39, 0.29) is 11.9 Å². The largest absolute Gasteiger partial charge is 0.383 e. The highest BCUT2D eigenvalue weighted by atomic mass is 32.1. The average molecular weight is 412 g/mol. The summed E-state index contributed by atoms with van der Waals surface area (Å²) in [6.45, 7) is 4.52. The number of amides is 1. The first-order chi connectivity index (χ1) is 14.1. The van der Waals surface area contributed by atoms with Crippen LogP contribution < -0.4 is 5.32 Å².